The van der Waals surface area contributed by atoms with E-state index in [-0.39, 0.29) is 0 Å². The fourth-order valence-corrected chi connectivity index (χ4v) is 4.44. The van der Waals surface area contributed by atoms with Gasteiger partial charge < -0.3 is 14.8 Å². The summed E-state index contributed by atoms with van der Waals surface area (Å²) in [5.41, 5.74) is 3.73. The first-order valence-electron chi connectivity index (χ1n) is 12.4. The Bertz CT molecular complexity index is 1200. The van der Waals surface area contributed by atoms with Gasteiger partial charge in [-0.25, -0.2) is 9.97 Å². The number of hydrogen-bond donors (Lipinski definition) is 1. The molecule has 0 amide bonds. The summed E-state index contributed by atoms with van der Waals surface area (Å²) in [6.45, 7) is 4.55. The zero-order chi connectivity index (χ0) is 25.2. The van der Waals surface area contributed by atoms with Crippen molar-refractivity contribution in [1.29, 1.82) is 0 Å². The molecular formula is C28H34N4O3S. The average Bonchev–Trinajstić information content (AvgIpc) is 2.89. The first-order chi connectivity index (χ1) is 17.6. The lowest BCUT2D eigenvalue weighted by Gasteiger charge is -2.19. The maximum Gasteiger partial charge on any atom is 0.227 e. The second-order valence-electron chi connectivity index (χ2n) is 8.68. The van der Waals surface area contributed by atoms with Gasteiger partial charge in [-0.2, -0.15) is 0 Å². The van der Waals surface area contributed by atoms with Crippen molar-refractivity contribution in [1.82, 2.24) is 14.9 Å². The number of likely N-dealkylation sites (N-methyl/N-ethyl adjacent to an activating group) is 1. The summed E-state index contributed by atoms with van der Waals surface area (Å²) < 4.78 is 23.8. The molecule has 0 saturated heterocycles. The van der Waals surface area contributed by atoms with Gasteiger partial charge in [-0.05, 0) is 56.3 Å². The number of aromatic nitrogens is 2. The highest BCUT2D eigenvalue weighted by molar-refractivity contribution is 7.84. The molecule has 6 bridgehead atoms. The zero-order valence-electron chi connectivity index (χ0n) is 21.0. The van der Waals surface area contributed by atoms with E-state index < -0.39 is 10.8 Å². The molecule has 2 aromatic carbocycles. The van der Waals surface area contributed by atoms with Crippen molar-refractivity contribution in [3.8, 4) is 22.8 Å². The predicted octanol–water partition coefficient (Wildman–Crippen LogP) is 5.20. The molecular weight excluding hydrogens is 472 g/mol. The first-order valence-corrected chi connectivity index (χ1v) is 13.9. The van der Waals surface area contributed by atoms with Crippen molar-refractivity contribution in [3.63, 3.8) is 0 Å². The fourth-order valence-electron chi connectivity index (χ4n) is 3.88. The standard InChI is InChI=1S/C28H34N4O3S/c1-3-36(33)18-17-35-27-12-11-24-19-23(27)21-32(2)15-6-4-5-7-16-34-25-10-8-9-22(20-25)26-13-14-29-28(30-24)31-26/h4,6,8-14,19-20H,3,5,7,15-18,21H2,1-2H3,(H,29,30,31). The van der Waals surface area contributed by atoms with Gasteiger partial charge in [0.05, 0.1) is 24.7 Å². The predicted molar refractivity (Wildman–Crippen MR) is 146 cm³/mol. The molecule has 0 aliphatic carbocycles. The minimum atomic E-state index is -0.853. The second-order valence-corrected chi connectivity index (χ2v) is 10.5. The van der Waals surface area contributed by atoms with E-state index >= 15 is 0 Å². The first kappa shape index (κ1) is 25.9. The highest BCUT2D eigenvalue weighted by atomic mass is 32.2. The Morgan fingerprint density at radius 1 is 1.17 bits per heavy atom. The Balaban J connectivity index is 1.61. The number of hydrogen-bond acceptors (Lipinski definition) is 7. The lowest BCUT2D eigenvalue weighted by Crippen LogP contribution is -2.19. The topological polar surface area (TPSA) is 76.6 Å². The van der Waals surface area contributed by atoms with Crippen LogP contribution in [0, 0.1) is 0 Å². The molecule has 0 spiro atoms. The number of benzene rings is 2. The summed E-state index contributed by atoms with van der Waals surface area (Å²) in [5.74, 6) is 3.33. The van der Waals surface area contributed by atoms with Crippen LogP contribution in [-0.4, -0.2) is 57.4 Å². The molecule has 3 aromatic rings. The number of ether oxygens (including phenoxy) is 2. The molecule has 0 fully saturated rings. The van der Waals surface area contributed by atoms with Crippen LogP contribution in [-0.2, 0) is 17.3 Å². The van der Waals surface area contributed by atoms with Gasteiger partial charge in [-0.15, -0.1) is 0 Å². The van der Waals surface area contributed by atoms with Crippen molar-refractivity contribution < 1.29 is 13.7 Å². The van der Waals surface area contributed by atoms with Crippen LogP contribution >= 0.6 is 0 Å². The van der Waals surface area contributed by atoms with Gasteiger partial charge in [-0.3, -0.25) is 9.11 Å². The quantitative estimate of drug-likeness (QED) is 0.477. The van der Waals surface area contributed by atoms with E-state index in [1.165, 1.54) is 0 Å². The van der Waals surface area contributed by atoms with E-state index in [2.05, 4.69) is 40.5 Å². The summed E-state index contributed by atoms with van der Waals surface area (Å²) in [4.78, 5) is 11.4. The van der Waals surface area contributed by atoms with Crippen LogP contribution in [0.25, 0.3) is 11.3 Å². The van der Waals surface area contributed by atoms with Gasteiger partial charge in [0.1, 0.15) is 11.5 Å². The van der Waals surface area contributed by atoms with Crippen molar-refractivity contribution in [2.24, 2.45) is 0 Å². The summed E-state index contributed by atoms with van der Waals surface area (Å²) >= 11 is 0. The van der Waals surface area contributed by atoms with Crippen LogP contribution in [0.4, 0.5) is 11.6 Å². The van der Waals surface area contributed by atoms with Crippen LogP contribution in [0.15, 0.2) is 66.9 Å². The molecule has 36 heavy (non-hydrogen) atoms. The summed E-state index contributed by atoms with van der Waals surface area (Å²) in [7, 11) is 1.24. The molecule has 1 N–H and O–H groups in total. The van der Waals surface area contributed by atoms with E-state index in [0.717, 1.165) is 53.4 Å². The summed E-state index contributed by atoms with van der Waals surface area (Å²) in [5, 5.41) is 3.34. The largest absolute Gasteiger partial charge is 0.494 e. The van der Waals surface area contributed by atoms with Gasteiger partial charge in [0, 0.05) is 52.7 Å². The monoisotopic (exact) mass is 506 g/mol. The number of anilines is 2. The second kappa shape index (κ2) is 13.2. The van der Waals surface area contributed by atoms with Crippen molar-refractivity contribution in [2.45, 2.75) is 26.3 Å². The molecule has 0 radical (unpaired) electrons. The van der Waals surface area contributed by atoms with Gasteiger partial charge in [0.2, 0.25) is 5.95 Å². The molecule has 1 aliphatic rings. The Morgan fingerprint density at radius 2 is 2.08 bits per heavy atom. The highest BCUT2D eigenvalue weighted by Crippen LogP contribution is 2.27. The van der Waals surface area contributed by atoms with E-state index in [1.54, 1.807) is 6.20 Å². The Kier molecular flexibility index (Phi) is 9.47. The van der Waals surface area contributed by atoms with E-state index in [9.17, 15) is 4.21 Å². The molecule has 8 heteroatoms. The normalized spacial score (nSPS) is 15.5. The number of rotatable bonds is 5. The minimum absolute atomic E-state index is 0.427. The maximum absolute atomic E-state index is 11.8. The van der Waals surface area contributed by atoms with Gasteiger partial charge in [0.25, 0.3) is 0 Å². The zero-order valence-corrected chi connectivity index (χ0v) is 21.8. The molecule has 0 saturated carbocycles. The summed E-state index contributed by atoms with van der Waals surface area (Å²) in [6, 6.07) is 15.9. The van der Waals surface area contributed by atoms with Crippen molar-refractivity contribution in [3.05, 3.63) is 72.4 Å². The lowest BCUT2D eigenvalue weighted by molar-refractivity contribution is 0.311. The van der Waals surface area contributed by atoms with Crippen molar-refractivity contribution >= 4 is 22.4 Å². The highest BCUT2D eigenvalue weighted by Gasteiger charge is 2.11. The third-order valence-electron chi connectivity index (χ3n) is 5.80. The smallest absolute Gasteiger partial charge is 0.227 e. The van der Waals surface area contributed by atoms with E-state index in [0.29, 0.717) is 37.2 Å². The number of nitrogens with zero attached hydrogens (tertiary/aromatic N) is 3. The number of nitrogens with one attached hydrogen (secondary N) is 1. The van der Waals surface area contributed by atoms with Crippen molar-refractivity contribution in [2.75, 3.05) is 43.6 Å². The Hall–Kier alpha value is -3.23. The molecule has 190 valence electrons. The molecule has 2 heterocycles. The van der Waals surface area contributed by atoms with Gasteiger partial charge in [0.15, 0.2) is 0 Å². The Morgan fingerprint density at radius 3 is 2.97 bits per heavy atom. The molecule has 4 rings (SSSR count). The average molecular weight is 507 g/mol. The van der Waals surface area contributed by atoms with Gasteiger partial charge in [-0.1, -0.05) is 31.2 Å². The van der Waals surface area contributed by atoms with Crippen LogP contribution in [0.3, 0.4) is 0 Å². The van der Waals surface area contributed by atoms with Crippen LogP contribution in [0.1, 0.15) is 25.3 Å². The third-order valence-corrected chi connectivity index (χ3v) is 7.07. The SMILES string of the molecule is CCS(=O)CCOc1ccc2cc1CN(C)CC=CCCCOc1cccc(c1)-c1ccnc(n1)N2. The van der Waals surface area contributed by atoms with Crippen LogP contribution < -0.4 is 14.8 Å². The summed E-state index contributed by atoms with van der Waals surface area (Å²) in [6.07, 6.45) is 8.07. The number of allylic oxidation sites excluding steroid dienone is 1. The van der Waals surface area contributed by atoms with Crippen LogP contribution in [0.2, 0.25) is 0 Å². The molecule has 1 atom stereocenters. The van der Waals surface area contributed by atoms with Crippen LogP contribution in [0.5, 0.6) is 11.5 Å². The van der Waals surface area contributed by atoms with E-state index in [1.807, 2.05) is 49.4 Å². The molecule has 1 unspecified atom stereocenters. The molecule has 1 aliphatic heterocycles. The minimum Gasteiger partial charge on any atom is -0.494 e. The molecule has 1 aromatic heterocycles. The van der Waals surface area contributed by atoms with Gasteiger partial charge >= 0.3 is 0 Å². The molecule has 7 nitrogen and oxygen atoms in total. The maximum atomic E-state index is 11.8. The third kappa shape index (κ3) is 7.63. The number of fused-ring (bicyclic) bond motifs is 7. The fraction of sp³-hybridized carbons (Fsp3) is 0.357. The lowest BCUT2D eigenvalue weighted by atomic mass is 10.1. The Labute approximate surface area is 216 Å². The van der Waals surface area contributed by atoms with E-state index in [4.69, 9.17) is 14.5 Å².